The fourth-order valence-corrected chi connectivity index (χ4v) is 8.09. The van der Waals surface area contributed by atoms with Crippen LogP contribution in [-0.4, -0.2) is 41.9 Å². The normalized spacial score (nSPS) is 17.6. The van der Waals surface area contributed by atoms with Gasteiger partial charge in [0, 0.05) is 18.2 Å². The fourth-order valence-electron chi connectivity index (χ4n) is 5.91. The number of anilines is 1. The van der Waals surface area contributed by atoms with Gasteiger partial charge in [-0.15, -0.1) is 0 Å². The molecule has 1 fully saturated rings. The van der Waals surface area contributed by atoms with E-state index in [9.17, 15) is 14.2 Å². The van der Waals surface area contributed by atoms with E-state index in [0.29, 0.717) is 36.6 Å². The Morgan fingerprint density at radius 1 is 0.864 bits per heavy atom. The van der Waals surface area contributed by atoms with Gasteiger partial charge in [0.25, 0.3) is 0 Å². The molecule has 9 nitrogen and oxygen atoms in total. The minimum Gasteiger partial charge on any atom is -0.449 e. The quantitative estimate of drug-likeness (QED) is 0.158. The number of fused-ring (bicyclic) bond motifs is 3. The first kappa shape index (κ1) is 29.3. The summed E-state index contributed by atoms with van der Waals surface area (Å²) in [7, 11) is -3.98. The van der Waals surface area contributed by atoms with Crippen molar-refractivity contribution in [2.75, 3.05) is 18.9 Å². The van der Waals surface area contributed by atoms with Crippen LogP contribution in [0.3, 0.4) is 0 Å². The molecule has 1 saturated heterocycles. The van der Waals surface area contributed by atoms with Crippen LogP contribution in [0.25, 0.3) is 11.1 Å². The predicted molar refractivity (Wildman–Crippen MR) is 169 cm³/mol. The van der Waals surface area contributed by atoms with Crippen LogP contribution < -0.4 is 20.1 Å². The van der Waals surface area contributed by atoms with Crippen LogP contribution in [0.2, 0.25) is 0 Å². The van der Waals surface area contributed by atoms with Crippen molar-refractivity contribution in [3.63, 3.8) is 0 Å². The summed E-state index contributed by atoms with van der Waals surface area (Å²) >= 11 is 0. The molecule has 1 aliphatic carbocycles. The number of likely N-dealkylation sites (tertiary alicyclic amines) is 1. The maximum atomic E-state index is 14.5. The molecule has 226 valence electrons. The Kier molecular flexibility index (Phi) is 8.31. The highest BCUT2D eigenvalue weighted by atomic mass is 31.2. The second-order valence-electron chi connectivity index (χ2n) is 11.0. The Balaban J connectivity index is 1.14. The summed E-state index contributed by atoms with van der Waals surface area (Å²) in [6, 6.07) is 30.4. The molecule has 1 aliphatic heterocycles. The lowest BCUT2D eigenvalue weighted by atomic mass is 9.98. The van der Waals surface area contributed by atoms with Crippen LogP contribution in [0.1, 0.15) is 36.8 Å². The van der Waals surface area contributed by atoms with Gasteiger partial charge in [-0.1, -0.05) is 66.7 Å². The lowest BCUT2D eigenvalue weighted by Crippen LogP contribution is -2.49. The van der Waals surface area contributed by atoms with E-state index in [0.717, 1.165) is 22.3 Å². The summed E-state index contributed by atoms with van der Waals surface area (Å²) < 4.78 is 32.1. The number of benzene rings is 4. The highest BCUT2D eigenvalue weighted by Crippen LogP contribution is 2.57. The summed E-state index contributed by atoms with van der Waals surface area (Å²) in [6.45, 7) is 2.05. The van der Waals surface area contributed by atoms with Gasteiger partial charge in [-0.2, -0.15) is 0 Å². The first-order valence-electron chi connectivity index (χ1n) is 14.6. The molecule has 44 heavy (non-hydrogen) atoms. The standard InChI is InChI=1S/C34H34N3O6P/c1-23(36-34(39)41-22-31-29-14-7-5-12-27(29)28-13-6-8-15-30(28)31)33(38)37-21-9-16-32(37)44(40,42-25-10-3-2-4-11-25)43-26-19-17-24(35)18-20-26/h2-8,10-15,17-20,23,31-32H,9,16,21-22,35H2,1H3,(H,36,39). The average molecular weight is 612 g/mol. The van der Waals surface area contributed by atoms with Crippen molar-refractivity contribution >= 4 is 25.3 Å². The van der Waals surface area contributed by atoms with E-state index in [1.807, 2.05) is 42.5 Å². The van der Waals surface area contributed by atoms with Crippen molar-refractivity contribution in [1.29, 1.82) is 0 Å². The lowest BCUT2D eigenvalue weighted by molar-refractivity contribution is -0.132. The van der Waals surface area contributed by atoms with E-state index in [1.165, 1.54) is 4.90 Å². The zero-order chi connectivity index (χ0) is 30.7. The second-order valence-corrected chi connectivity index (χ2v) is 13.0. The topological polar surface area (TPSA) is 120 Å². The highest BCUT2D eigenvalue weighted by molar-refractivity contribution is 7.55. The molecule has 2 aliphatic rings. The number of alkyl carbamates (subject to hydrolysis) is 1. The van der Waals surface area contributed by atoms with Crippen LogP contribution in [0, 0.1) is 0 Å². The van der Waals surface area contributed by atoms with Crippen molar-refractivity contribution in [2.24, 2.45) is 0 Å². The lowest BCUT2D eigenvalue weighted by Gasteiger charge is -2.32. The number of nitrogens with zero attached hydrogens (tertiary/aromatic N) is 1. The highest BCUT2D eigenvalue weighted by Gasteiger charge is 2.48. The number of nitrogens with one attached hydrogen (secondary N) is 1. The van der Waals surface area contributed by atoms with Gasteiger partial charge in [-0.3, -0.25) is 4.79 Å². The Morgan fingerprint density at radius 3 is 2.07 bits per heavy atom. The summed E-state index contributed by atoms with van der Waals surface area (Å²) in [5.74, 6) is -0.704. The van der Waals surface area contributed by atoms with Gasteiger partial charge in [0.15, 0.2) is 5.78 Å². The molecule has 0 bridgehead atoms. The molecule has 0 spiro atoms. The third kappa shape index (κ3) is 6.01. The van der Waals surface area contributed by atoms with Crippen LogP contribution in [0.5, 0.6) is 11.5 Å². The molecule has 3 atom stereocenters. The second kappa shape index (κ2) is 12.5. The molecule has 0 radical (unpaired) electrons. The van der Waals surface area contributed by atoms with Gasteiger partial charge in [0.1, 0.15) is 24.1 Å². The molecule has 0 aromatic heterocycles. The molecular formula is C34H34N3O6P. The minimum atomic E-state index is -3.98. The summed E-state index contributed by atoms with van der Waals surface area (Å²) in [4.78, 5) is 28.1. The van der Waals surface area contributed by atoms with Gasteiger partial charge in [-0.25, -0.2) is 9.36 Å². The number of hydrogen-bond donors (Lipinski definition) is 2. The van der Waals surface area contributed by atoms with E-state index < -0.39 is 31.4 Å². The molecule has 3 N–H and O–H groups in total. The van der Waals surface area contributed by atoms with Crippen molar-refractivity contribution in [1.82, 2.24) is 10.2 Å². The third-order valence-corrected chi connectivity index (χ3v) is 10.2. The Labute approximate surface area is 256 Å². The Morgan fingerprint density at radius 2 is 1.43 bits per heavy atom. The maximum Gasteiger partial charge on any atom is 0.453 e. The van der Waals surface area contributed by atoms with Crippen LogP contribution in [0.15, 0.2) is 103 Å². The number of nitrogens with two attached hydrogens (primary N) is 1. The first-order chi connectivity index (χ1) is 21.3. The monoisotopic (exact) mass is 611 g/mol. The summed E-state index contributed by atoms with van der Waals surface area (Å²) in [5.41, 5.74) is 10.8. The largest absolute Gasteiger partial charge is 0.453 e. The van der Waals surface area contributed by atoms with Crippen molar-refractivity contribution in [3.05, 3.63) is 114 Å². The molecule has 3 unspecified atom stereocenters. The number of hydrogen-bond acceptors (Lipinski definition) is 7. The molecule has 4 aromatic rings. The summed E-state index contributed by atoms with van der Waals surface area (Å²) in [5, 5.41) is 2.67. The van der Waals surface area contributed by atoms with Crippen LogP contribution in [-0.2, 0) is 14.1 Å². The molecule has 1 heterocycles. The van der Waals surface area contributed by atoms with Crippen molar-refractivity contribution < 1.29 is 27.9 Å². The molecule has 4 aromatic carbocycles. The first-order valence-corrected chi connectivity index (χ1v) is 16.2. The van der Waals surface area contributed by atoms with E-state index in [4.69, 9.17) is 19.5 Å². The number of nitrogen functional groups attached to an aromatic ring is 1. The number of carbonyl (C=O) groups excluding carboxylic acids is 2. The van der Waals surface area contributed by atoms with E-state index in [2.05, 4.69) is 17.4 Å². The van der Waals surface area contributed by atoms with Gasteiger partial charge >= 0.3 is 13.7 Å². The molecule has 10 heteroatoms. The number of rotatable bonds is 9. The predicted octanol–water partition coefficient (Wildman–Crippen LogP) is 6.80. The number of amides is 2. The van der Waals surface area contributed by atoms with Gasteiger partial charge in [0.05, 0.1) is 0 Å². The molecule has 6 rings (SSSR count). The molecule has 0 saturated carbocycles. The maximum absolute atomic E-state index is 14.5. The van der Waals surface area contributed by atoms with Crippen LogP contribution >= 0.6 is 7.60 Å². The number of para-hydroxylation sites is 1. The summed E-state index contributed by atoms with van der Waals surface area (Å²) in [6.07, 6.45) is 0.300. The van der Waals surface area contributed by atoms with Crippen LogP contribution in [0.4, 0.5) is 10.5 Å². The number of ether oxygens (including phenoxy) is 1. The SMILES string of the molecule is CC(NC(=O)OCC1c2ccccc2-c2ccccc21)C(=O)N1CCCC1P(=O)(Oc1ccccc1)Oc1ccc(N)cc1. The third-order valence-electron chi connectivity index (χ3n) is 8.01. The Hall–Kier alpha value is -4.75. The number of carbonyl (C=O) groups is 2. The van der Waals surface area contributed by atoms with Crippen molar-refractivity contribution in [3.8, 4) is 22.6 Å². The fraction of sp³-hybridized carbons (Fsp3) is 0.235. The zero-order valence-corrected chi connectivity index (χ0v) is 25.2. The van der Waals surface area contributed by atoms with E-state index in [1.54, 1.807) is 55.5 Å². The molecule has 2 amide bonds. The van der Waals surface area contributed by atoms with Gasteiger partial charge in [0.2, 0.25) is 5.91 Å². The van der Waals surface area contributed by atoms with Gasteiger partial charge < -0.3 is 29.7 Å². The van der Waals surface area contributed by atoms with Gasteiger partial charge in [-0.05, 0) is 78.4 Å². The zero-order valence-electron chi connectivity index (χ0n) is 24.3. The van der Waals surface area contributed by atoms with E-state index in [-0.39, 0.29) is 12.5 Å². The minimum absolute atomic E-state index is 0.103. The average Bonchev–Trinajstić information content (AvgIpc) is 3.65. The smallest absolute Gasteiger partial charge is 0.449 e. The molecular weight excluding hydrogens is 577 g/mol. The van der Waals surface area contributed by atoms with E-state index >= 15 is 0 Å². The Bertz CT molecular complexity index is 1650. The van der Waals surface area contributed by atoms with Crippen molar-refractivity contribution in [2.45, 2.75) is 37.5 Å².